The summed E-state index contributed by atoms with van der Waals surface area (Å²) < 4.78 is 7.41. The van der Waals surface area contributed by atoms with Crippen molar-refractivity contribution < 1.29 is 4.42 Å². The molecule has 8 heteroatoms. The summed E-state index contributed by atoms with van der Waals surface area (Å²) in [5.74, 6) is 0.303. The topological polar surface area (TPSA) is 110 Å². The van der Waals surface area contributed by atoms with Crippen LogP contribution in [-0.2, 0) is 0 Å². The fraction of sp³-hybridized carbons (Fsp3) is 0.125. The third-order valence-corrected chi connectivity index (χ3v) is 8.11. The molecule has 0 spiro atoms. The maximum atomic E-state index is 13.5. The summed E-state index contributed by atoms with van der Waals surface area (Å²) in [6.07, 6.45) is 0. The highest BCUT2D eigenvalue weighted by atomic mass is 79.9. The first-order valence-electron chi connectivity index (χ1n) is 12.9. The first-order valence-corrected chi connectivity index (χ1v) is 13.7. The Kier molecular flexibility index (Phi) is 6.56. The van der Waals surface area contributed by atoms with E-state index in [1.165, 1.54) is 0 Å². The first kappa shape index (κ1) is 25.7. The van der Waals surface area contributed by atoms with Gasteiger partial charge in [-0.2, -0.15) is 0 Å². The number of benzene rings is 3. The zero-order chi connectivity index (χ0) is 28.0. The van der Waals surface area contributed by atoms with E-state index in [0.29, 0.717) is 34.0 Å². The zero-order valence-corrected chi connectivity index (χ0v) is 23.8. The van der Waals surface area contributed by atoms with Crippen LogP contribution < -0.4 is 11.1 Å². The summed E-state index contributed by atoms with van der Waals surface area (Å²) in [5.41, 5.74) is 7.17. The Labute approximate surface area is 238 Å². The molecule has 6 rings (SSSR count). The molecule has 4 N–H and O–H groups in total. The highest BCUT2D eigenvalue weighted by molar-refractivity contribution is 9.10. The second-order valence-electron chi connectivity index (χ2n) is 10.1. The number of aromatic nitrogens is 4. The van der Waals surface area contributed by atoms with Crippen LogP contribution in [0.5, 0.6) is 0 Å². The molecule has 0 aliphatic carbocycles. The van der Waals surface area contributed by atoms with Gasteiger partial charge in [-0.25, -0.2) is 0 Å². The predicted molar refractivity (Wildman–Crippen MR) is 161 cm³/mol. The third-order valence-electron chi connectivity index (χ3n) is 7.26. The lowest BCUT2D eigenvalue weighted by atomic mass is 9.86. The van der Waals surface area contributed by atoms with Crippen LogP contribution in [0.1, 0.15) is 39.5 Å². The summed E-state index contributed by atoms with van der Waals surface area (Å²) in [7, 11) is 0. The second-order valence-corrected chi connectivity index (χ2v) is 10.9. The lowest BCUT2D eigenvalue weighted by Gasteiger charge is -2.15. The molecule has 0 fully saturated rings. The van der Waals surface area contributed by atoms with Gasteiger partial charge >= 0.3 is 0 Å². The van der Waals surface area contributed by atoms with E-state index in [1.54, 1.807) is 0 Å². The molecule has 3 aromatic heterocycles. The lowest BCUT2D eigenvalue weighted by molar-refractivity contribution is 0.515. The molecule has 6 aromatic rings. The van der Waals surface area contributed by atoms with Crippen molar-refractivity contribution >= 4 is 15.9 Å². The van der Waals surface area contributed by atoms with Gasteiger partial charge in [0.1, 0.15) is 11.5 Å². The van der Waals surface area contributed by atoms with Crippen LogP contribution in [0.2, 0.25) is 0 Å². The molecule has 0 aliphatic rings. The van der Waals surface area contributed by atoms with Crippen molar-refractivity contribution in [2.75, 3.05) is 0 Å². The summed E-state index contributed by atoms with van der Waals surface area (Å²) in [6, 6.07) is 25.5. The fourth-order valence-corrected chi connectivity index (χ4v) is 5.40. The highest BCUT2D eigenvalue weighted by Gasteiger charge is 2.33. The number of H-pyrrole nitrogens is 4. The van der Waals surface area contributed by atoms with E-state index < -0.39 is 5.92 Å². The number of hydrogen-bond donors (Lipinski definition) is 4. The second kappa shape index (κ2) is 10.2. The molecule has 0 amide bonds. The Morgan fingerprint density at radius 1 is 0.625 bits per heavy atom. The molecular weight excluding hydrogens is 568 g/mol. The quantitative estimate of drug-likeness (QED) is 0.164. The van der Waals surface area contributed by atoms with Crippen molar-refractivity contribution in [1.82, 2.24) is 20.4 Å². The van der Waals surface area contributed by atoms with Gasteiger partial charge in [-0.3, -0.25) is 30.0 Å². The van der Waals surface area contributed by atoms with E-state index >= 15 is 0 Å². The van der Waals surface area contributed by atoms with Crippen molar-refractivity contribution in [3.8, 4) is 33.8 Å². The fourth-order valence-electron chi connectivity index (χ4n) is 5.02. The van der Waals surface area contributed by atoms with Gasteiger partial charge in [-0.15, -0.1) is 0 Å². The minimum absolute atomic E-state index is 0.327. The first-order chi connectivity index (χ1) is 19.3. The number of nitrogens with one attached hydrogen (secondary N) is 4. The maximum Gasteiger partial charge on any atom is 0.268 e. The average molecular weight is 595 g/mol. The molecule has 200 valence electrons. The normalized spacial score (nSPS) is 11.4. The van der Waals surface area contributed by atoms with Crippen molar-refractivity contribution in [1.29, 1.82) is 0 Å². The lowest BCUT2D eigenvalue weighted by Crippen LogP contribution is -2.19. The molecule has 0 bridgehead atoms. The van der Waals surface area contributed by atoms with E-state index in [2.05, 4.69) is 36.3 Å². The Balaban J connectivity index is 1.59. The van der Waals surface area contributed by atoms with E-state index in [-0.39, 0.29) is 11.1 Å². The Bertz CT molecular complexity index is 1840. The molecule has 0 radical (unpaired) electrons. The molecule has 3 heterocycles. The average Bonchev–Trinajstić information content (AvgIpc) is 3.68. The van der Waals surface area contributed by atoms with Gasteiger partial charge in [0.05, 0.1) is 28.4 Å². The Morgan fingerprint density at radius 2 is 1.12 bits per heavy atom. The van der Waals surface area contributed by atoms with Crippen LogP contribution in [0.15, 0.2) is 97.3 Å². The minimum Gasteiger partial charge on any atom is -0.460 e. The third kappa shape index (κ3) is 4.60. The SMILES string of the molecule is Cc1ccc(-c2[nH][nH]c(=O)c2C(c2ccc(-c3ccc(C)c(Br)c3)o2)c2c(-c3ccc(C)cc3)[nH][nH]c2=O)cc1. The van der Waals surface area contributed by atoms with Crippen LogP contribution in [0.25, 0.3) is 33.8 Å². The molecule has 3 aromatic carbocycles. The predicted octanol–water partition coefficient (Wildman–Crippen LogP) is 7.18. The zero-order valence-electron chi connectivity index (χ0n) is 22.2. The number of furan rings is 1. The minimum atomic E-state index is -0.805. The molecule has 0 saturated carbocycles. The number of aryl methyl sites for hydroxylation is 3. The van der Waals surface area contributed by atoms with Crippen molar-refractivity contribution in [3.63, 3.8) is 0 Å². The van der Waals surface area contributed by atoms with E-state index in [9.17, 15) is 9.59 Å². The largest absolute Gasteiger partial charge is 0.460 e. The standard InChI is InChI=1S/C32H27BrN4O3/c1-17-4-9-20(10-5-17)29-27(31(38)36-34-29)26(25-15-14-24(40-25)22-13-8-19(3)23(33)16-22)28-30(35-37-32(28)39)21-11-6-18(2)7-12-21/h4-16,26H,1-3H3,(H2,34,36,38)(H2,35,37,39). The molecule has 40 heavy (non-hydrogen) atoms. The number of rotatable bonds is 6. The number of halogens is 1. The number of hydrogen-bond acceptors (Lipinski definition) is 3. The molecule has 0 unspecified atom stereocenters. The van der Waals surface area contributed by atoms with Gasteiger partial charge in [-0.05, 0) is 55.7 Å². The molecule has 0 atom stereocenters. The Morgan fingerprint density at radius 3 is 1.62 bits per heavy atom. The van der Waals surface area contributed by atoms with Crippen molar-refractivity contribution in [3.05, 3.63) is 138 Å². The van der Waals surface area contributed by atoms with Gasteiger partial charge in [0.2, 0.25) is 0 Å². The van der Waals surface area contributed by atoms with Crippen LogP contribution in [0.3, 0.4) is 0 Å². The van der Waals surface area contributed by atoms with E-state index in [4.69, 9.17) is 4.42 Å². The number of aromatic amines is 4. The van der Waals surface area contributed by atoms with Gasteiger partial charge in [-0.1, -0.05) is 87.7 Å². The molecular formula is C32H27BrN4O3. The summed E-state index contributed by atoms with van der Waals surface area (Å²) in [4.78, 5) is 27.0. The van der Waals surface area contributed by atoms with Crippen molar-refractivity contribution in [2.24, 2.45) is 0 Å². The Hall–Kier alpha value is -4.56. The smallest absolute Gasteiger partial charge is 0.268 e. The monoisotopic (exact) mass is 594 g/mol. The van der Waals surface area contributed by atoms with Crippen LogP contribution in [0.4, 0.5) is 0 Å². The van der Waals surface area contributed by atoms with Crippen LogP contribution in [-0.4, -0.2) is 20.4 Å². The van der Waals surface area contributed by atoms with Crippen LogP contribution >= 0.6 is 15.9 Å². The summed E-state index contributed by atoms with van der Waals surface area (Å²) in [5, 5.41) is 11.6. The molecule has 0 saturated heterocycles. The van der Waals surface area contributed by atoms with Gasteiger partial charge in [0.15, 0.2) is 0 Å². The van der Waals surface area contributed by atoms with Gasteiger partial charge in [0.25, 0.3) is 11.1 Å². The maximum absolute atomic E-state index is 13.5. The van der Waals surface area contributed by atoms with E-state index in [0.717, 1.165) is 37.9 Å². The van der Waals surface area contributed by atoms with Gasteiger partial charge in [0, 0.05) is 10.0 Å². The summed E-state index contributed by atoms with van der Waals surface area (Å²) >= 11 is 3.60. The summed E-state index contributed by atoms with van der Waals surface area (Å²) in [6.45, 7) is 6.04. The highest BCUT2D eigenvalue weighted by Crippen LogP contribution is 2.40. The van der Waals surface area contributed by atoms with Crippen LogP contribution in [0, 0.1) is 20.8 Å². The van der Waals surface area contributed by atoms with E-state index in [1.807, 2.05) is 99.6 Å². The molecule has 0 aliphatic heterocycles. The van der Waals surface area contributed by atoms with Gasteiger partial charge < -0.3 is 4.42 Å². The molecule has 7 nitrogen and oxygen atoms in total. The van der Waals surface area contributed by atoms with Crippen molar-refractivity contribution in [2.45, 2.75) is 26.7 Å².